The average Bonchev–Trinajstić information content (AvgIpc) is 3.21. The molecule has 1 aliphatic carbocycles. The summed E-state index contributed by atoms with van der Waals surface area (Å²) in [5, 5.41) is 13.0. The van der Waals surface area contributed by atoms with Crippen LogP contribution < -0.4 is 5.32 Å². The molecular weight excluding hydrogens is 294 g/mol. The highest BCUT2D eigenvalue weighted by molar-refractivity contribution is 7.99. The Morgan fingerprint density at radius 2 is 2.25 bits per heavy atom. The van der Waals surface area contributed by atoms with Crippen molar-refractivity contribution in [2.75, 3.05) is 12.9 Å². The summed E-state index contributed by atoms with van der Waals surface area (Å²) < 4.78 is 0. The first kappa shape index (κ1) is 15.7. The highest BCUT2D eigenvalue weighted by atomic mass is 35.5. The summed E-state index contributed by atoms with van der Waals surface area (Å²) >= 11 is 7.58. The molecule has 110 valence electrons. The van der Waals surface area contributed by atoms with E-state index in [1.807, 2.05) is 37.4 Å². The predicted molar refractivity (Wildman–Crippen MR) is 84.4 cm³/mol. The molecule has 2 rings (SSSR count). The van der Waals surface area contributed by atoms with Crippen LogP contribution in [0.3, 0.4) is 0 Å². The van der Waals surface area contributed by atoms with Crippen LogP contribution in [0.15, 0.2) is 24.3 Å². The molecule has 1 amide bonds. The number of hydrogen-bond acceptors (Lipinski definition) is 3. The van der Waals surface area contributed by atoms with Gasteiger partial charge in [0.05, 0.1) is 12.0 Å². The summed E-state index contributed by atoms with van der Waals surface area (Å²) in [6, 6.07) is 7.47. The third kappa shape index (κ3) is 3.13. The molecule has 1 aliphatic rings. The molecule has 0 spiro atoms. The standard InChI is InChI=1S/C15H20ClNO2S/c1-10(13(9-18)20-2)17-14(19)15(6-7-15)11-4-3-5-12(16)8-11/h3-5,8,10,13,18H,6-7,9H2,1-2H3,(H,17,19). The number of rotatable bonds is 6. The van der Waals surface area contributed by atoms with E-state index in [9.17, 15) is 9.90 Å². The van der Waals surface area contributed by atoms with E-state index in [2.05, 4.69) is 5.32 Å². The van der Waals surface area contributed by atoms with E-state index in [-0.39, 0.29) is 23.8 Å². The van der Waals surface area contributed by atoms with E-state index in [1.165, 1.54) is 0 Å². The lowest BCUT2D eigenvalue weighted by Gasteiger charge is -2.24. The van der Waals surface area contributed by atoms with Crippen LogP contribution in [0.1, 0.15) is 25.3 Å². The molecule has 1 aromatic rings. The Bertz CT molecular complexity index is 487. The second kappa shape index (κ2) is 6.37. The normalized spacial score (nSPS) is 19.2. The van der Waals surface area contributed by atoms with Crippen molar-refractivity contribution < 1.29 is 9.90 Å². The number of thioether (sulfide) groups is 1. The van der Waals surface area contributed by atoms with E-state index in [0.29, 0.717) is 5.02 Å². The summed E-state index contributed by atoms with van der Waals surface area (Å²) in [4.78, 5) is 12.5. The summed E-state index contributed by atoms with van der Waals surface area (Å²) in [5.41, 5.74) is 0.566. The Morgan fingerprint density at radius 3 is 2.75 bits per heavy atom. The second-order valence-corrected chi connectivity index (χ2v) is 6.82. The van der Waals surface area contributed by atoms with Gasteiger partial charge in [-0.1, -0.05) is 23.7 Å². The van der Waals surface area contributed by atoms with Crippen molar-refractivity contribution in [2.45, 2.75) is 36.5 Å². The number of carbonyl (C=O) groups is 1. The summed E-state index contributed by atoms with van der Waals surface area (Å²) in [7, 11) is 0. The number of hydrogen-bond donors (Lipinski definition) is 2. The maximum absolute atomic E-state index is 12.5. The van der Waals surface area contributed by atoms with Crippen molar-refractivity contribution in [1.82, 2.24) is 5.32 Å². The Hall–Kier alpha value is -0.710. The fourth-order valence-electron chi connectivity index (χ4n) is 2.43. The fraction of sp³-hybridized carbons (Fsp3) is 0.533. The molecular formula is C15H20ClNO2S. The SMILES string of the molecule is CSC(CO)C(C)NC(=O)C1(c2cccc(Cl)c2)CC1. The lowest BCUT2D eigenvalue weighted by Crippen LogP contribution is -2.45. The summed E-state index contributed by atoms with van der Waals surface area (Å²) in [5.74, 6) is 0.0415. The number of benzene rings is 1. The Labute approximate surface area is 129 Å². The zero-order valence-electron chi connectivity index (χ0n) is 11.7. The van der Waals surface area contributed by atoms with Crippen LogP contribution in [0.4, 0.5) is 0 Å². The molecule has 1 aromatic carbocycles. The molecule has 20 heavy (non-hydrogen) atoms. The van der Waals surface area contributed by atoms with E-state index in [0.717, 1.165) is 18.4 Å². The van der Waals surface area contributed by atoms with Crippen molar-refractivity contribution in [3.63, 3.8) is 0 Å². The van der Waals surface area contributed by atoms with Crippen molar-refractivity contribution in [3.05, 3.63) is 34.9 Å². The lowest BCUT2D eigenvalue weighted by molar-refractivity contribution is -0.124. The van der Waals surface area contributed by atoms with Gasteiger partial charge in [0.2, 0.25) is 5.91 Å². The first-order chi connectivity index (χ1) is 9.53. The van der Waals surface area contributed by atoms with Crippen LogP contribution >= 0.6 is 23.4 Å². The van der Waals surface area contributed by atoms with Gasteiger partial charge >= 0.3 is 0 Å². The molecule has 0 aromatic heterocycles. The maximum atomic E-state index is 12.5. The largest absolute Gasteiger partial charge is 0.395 e. The van der Waals surface area contributed by atoms with E-state index in [1.54, 1.807) is 11.8 Å². The zero-order valence-corrected chi connectivity index (χ0v) is 13.3. The van der Waals surface area contributed by atoms with Crippen LogP contribution in [0.5, 0.6) is 0 Å². The molecule has 0 aliphatic heterocycles. The van der Waals surface area contributed by atoms with Crippen molar-refractivity contribution in [3.8, 4) is 0 Å². The molecule has 1 fully saturated rings. The molecule has 0 bridgehead atoms. The zero-order chi connectivity index (χ0) is 14.8. The summed E-state index contributed by atoms with van der Waals surface area (Å²) in [6.07, 6.45) is 3.65. The van der Waals surface area contributed by atoms with Crippen molar-refractivity contribution >= 4 is 29.3 Å². The molecule has 2 unspecified atom stereocenters. The van der Waals surface area contributed by atoms with Crippen LogP contribution in [-0.2, 0) is 10.2 Å². The number of halogens is 1. The second-order valence-electron chi connectivity index (χ2n) is 5.31. The van der Waals surface area contributed by atoms with Gasteiger partial charge in [0.1, 0.15) is 0 Å². The van der Waals surface area contributed by atoms with Gasteiger partial charge in [-0.2, -0.15) is 11.8 Å². The highest BCUT2D eigenvalue weighted by Gasteiger charge is 2.51. The third-order valence-corrected chi connectivity index (χ3v) is 5.36. The number of aliphatic hydroxyl groups excluding tert-OH is 1. The van der Waals surface area contributed by atoms with Gasteiger partial charge < -0.3 is 10.4 Å². The van der Waals surface area contributed by atoms with Gasteiger partial charge in [0, 0.05) is 16.3 Å². The Morgan fingerprint density at radius 1 is 1.55 bits per heavy atom. The van der Waals surface area contributed by atoms with Gasteiger partial charge in [0.15, 0.2) is 0 Å². The third-order valence-electron chi connectivity index (χ3n) is 3.96. The average molecular weight is 314 g/mol. The first-order valence-electron chi connectivity index (χ1n) is 6.74. The predicted octanol–water partition coefficient (Wildman–Crippen LogP) is 2.60. The quantitative estimate of drug-likeness (QED) is 0.848. The minimum atomic E-state index is -0.419. The van der Waals surface area contributed by atoms with Crippen LogP contribution in [-0.4, -0.2) is 35.2 Å². The molecule has 0 heterocycles. The number of nitrogens with one attached hydrogen (secondary N) is 1. The smallest absolute Gasteiger partial charge is 0.230 e. The molecule has 2 atom stereocenters. The Kier molecular flexibility index (Phi) is 4.99. The minimum absolute atomic E-state index is 0.0223. The van der Waals surface area contributed by atoms with E-state index in [4.69, 9.17) is 11.6 Å². The van der Waals surface area contributed by atoms with Gasteiger partial charge in [-0.15, -0.1) is 0 Å². The van der Waals surface area contributed by atoms with Crippen molar-refractivity contribution in [1.29, 1.82) is 0 Å². The molecule has 3 nitrogen and oxygen atoms in total. The highest BCUT2D eigenvalue weighted by Crippen LogP contribution is 2.49. The first-order valence-corrected chi connectivity index (χ1v) is 8.41. The van der Waals surface area contributed by atoms with Gasteiger partial charge in [-0.25, -0.2) is 0 Å². The molecule has 5 heteroatoms. The number of carbonyl (C=O) groups excluding carboxylic acids is 1. The minimum Gasteiger partial charge on any atom is -0.395 e. The Balaban J connectivity index is 2.09. The summed E-state index contributed by atoms with van der Waals surface area (Å²) in [6.45, 7) is 2.00. The lowest BCUT2D eigenvalue weighted by atomic mass is 9.94. The van der Waals surface area contributed by atoms with Crippen LogP contribution in [0, 0.1) is 0 Å². The van der Waals surface area contributed by atoms with E-state index < -0.39 is 5.41 Å². The molecule has 2 N–H and O–H groups in total. The fourth-order valence-corrected chi connectivity index (χ4v) is 3.25. The number of amides is 1. The topological polar surface area (TPSA) is 49.3 Å². The van der Waals surface area contributed by atoms with E-state index >= 15 is 0 Å². The number of aliphatic hydroxyl groups is 1. The molecule has 0 saturated heterocycles. The van der Waals surface area contributed by atoms with Crippen LogP contribution in [0.25, 0.3) is 0 Å². The van der Waals surface area contributed by atoms with Crippen molar-refractivity contribution in [2.24, 2.45) is 0 Å². The monoisotopic (exact) mass is 313 g/mol. The van der Waals surface area contributed by atoms with Gasteiger partial charge in [0.25, 0.3) is 0 Å². The van der Waals surface area contributed by atoms with Gasteiger partial charge in [-0.3, -0.25) is 4.79 Å². The maximum Gasteiger partial charge on any atom is 0.230 e. The molecule has 0 radical (unpaired) electrons. The molecule has 1 saturated carbocycles. The van der Waals surface area contributed by atoms with Gasteiger partial charge in [-0.05, 0) is 43.7 Å². The van der Waals surface area contributed by atoms with Crippen LogP contribution in [0.2, 0.25) is 5.02 Å².